The Morgan fingerprint density at radius 3 is 2.79 bits per heavy atom. The van der Waals surface area contributed by atoms with Gasteiger partial charge >= 0.3 is 0 Å². The van der Waals surface area contributed by atoms with Crippen molar-refractivity contribution >= 4 is 15.9 Å². The number of likely N-dealkylation sites (N-methyl/N-ethyl adjacent to an activating group) is 1. The molecular weight excluding hydrogens is 302 g/mol. The number of aryl methyl sites for hydroxylation is 1. The summed E-state index contributed by atoms with van der Waals surface area (Å²) < 4.78 is 3.21. The average Bonchev–Trinajstić information content (AvgIpc) is 2.62. The SMILES string of the molecule is CNCCc1c(C)nn(Cc2cccc(Br)c2)c1C. The van der Waals surface area contributed by atoms with E-state index < -0.39 is 0 Å². The molecule has 1 N–H and O–H groups in total. The minimum Gasteiger partial charge on any atom is -0.319 e. The molecule has 4 heteroatoms. The molecule has 1 aromatic heterocycles. The zero-order chi connectivity index (χ0) is 13.8. The van der Waals surface area contributed by atoms with Crippen LogP contribution in [0, 0.1) is 13.8 Å². The first-order valence-corrected chi connectivity index (χ1v) is 7.33. The van der Waals surface area contributed by atoms with E-state index in [1.807, 2.05) is 13.1 Å². The third kappa shape index (κ3) is 3.45. The monoisotopic (exact) mass is 321 g/mol. The lowest BCUT2D eigenvalue weighted by Gasteiger charge is -2.06. The summed E-state index contributed by atoms with van der Waals surface area (Å²) in [5.41, 5.74) is 5.04. The normalized spacial score (nSPS) is 10.9. The summed E-state index contributed by atoms with van der Waals surface area (Å²) in [7, 11) is 1.98. The maximum absolute atomic E-state index is 4.66. The molecule has 19 heavy (non-hydrogen) atoms. The van der Waals surface area contributed by atoms with Gasteiger partial charge in [-0.1, -0.05) is 28.1 Å². The van der Waals surface area contributed by atoms with E-state index in [2.05, 4.69) is 63.1 Å². The third-order valence-electron chi connectivity index (χ3n) is 3.38. The maximum atomic E-state index is 4.66. The second-order valence-electron chi connectivity index (χ2n) is 4.79. The van der Waals surface area contributed by atoms with Gasteiger partial charge in [-0.25, -0.2) is 0 Å². The van der Waals surface area contributed by atoms with Crippen LogP contribution in [0.15, 0.2) is 28.7 Å². The Balaban J connectivity index is 2.21. The molecule has 0 saturated heterocycles. The van der Waals surface area contributed by atoms with Crippen LogP contribution in [-0.4, -0.2) is 23.4 Å². The molecule has 1 aromatic carbocycles. The van der Waals surface area contributed by atoms with Crippen molar-refractivity contribution < 1.29 is 0 Å². The first-order valence-electron chi connectivity index (χ1n) is 6.53. The second kappa shape index (κ2) is 6.35. The Hall–Kier alpha value is -1.13. The molecule has 0 amide bonds. The van der Waals surface area contributed by atoms with Gasteiger partial charge in [-0.3, -0.25) is 4.68 Å². The average molecular weight is 322 g/mol. The lowest BCUT2D eigenvalue weighted by Crippen LogP contribution is -2.11. The Morgan fingerprint density at radius 1 is 1.32 bits per heavy atom. The number of hydrogen-bond acceptors (Lipinski definition) is 2. The number of hydrogen-bond donors (Lipinski definition) is 1. The van der Waals surface area contributed by atoms with E-state index in [0.717, 1.165) is 29.7 Å². The highest BCUT2D eigenvalue weighted by Gasteiger charge is 2.11. The van der Waals surface area contributed by atoms with Gasteiger partial charge in [-0.2, -0.15) is 5.10 Å². The Bertz CT molecular complexity index is 561. The zero-order valence-corrected chi connectivity index (χ0v) is 13.3. The Kier molecular flexibility index (Phi) is 4.77. The summed E-state index contributed by atoms with van der Waals surface area (Å²) in [4.78, 5) is 0. The van der Waals surface area contributed by atoms with Crippen LogP contribution in [0.3, 0.4) is 0 Å². The molecule has 0 atom stereocenters. The van der Waals surface area contributed by atoms with E-state index >= 15 is 0 Å². The summed E-state index contributed by atoms with van der Waals surface area (Å²) in [5.74, 6) is 0. The van der Waals surface area contributed by atoms with Crippen LogP contribution < -0.4 is 5.32 Å². The molecular formula is C15H20BrN3. The smallest absolute Gasteiger partial charge is 0.0663 e. The van der Waals surface area contributed by atoms with E-state index in [1.165, 1.54) is 16.8 Å². The van der Waals surface area contributed by atoms with Gasteiger partial charge in [0.25, 0.3) is 0 Å². The van der Waals surface area contributed by atoms with Crippen LogP contribution in [-0.2, 0) is 13.0 Å². The van der Waals surface area contributed by atoms with Gasteiger partial charge in [-0.05, 0) is 57.1 Å². The predicted molar refractivity (Wildman–Crippen MR) is 82.6 cm³/mol. The van der Waals surface area contributed by atoms with Gasteiger partial charge < -0.3 is 5.32 Å². The molecule has 0 radical (unpaired) electrons. The molecule has 0 aliphatic rings. The highest BCUT2D eigenvalue weighted by molar-refractivity contribution is 9.10. The van der Waals surface area contributed by atoms with Crippen molar-refractivity contribution in [3.8, 4) is 0 Å². The number of nitrogens with one attached hydrogen (secondary N) is 1. The van der Waals surface area contributed by atoms with Crippen LogP contribution >= 0.6 is 15.9 Å². The van der Waals surface area contributed by atoms with Crippen molar-refractivity contribution in [2.24, 2.45) is 0 Å². The molecule has 2 rings (SSSR count). The molecule has 102 valence electrons. The predicted octanol–water partition coefficient (Wildman–Crippen LogP) is 3.07. The van der Waals surface area contributed by atoms with Gasteiger partial charge in [-0.15, -0.1) is 0 Å². The summed E-state index contributed by atoms with van der Waals surface area (Å²) in [6.45, 7) is 6.06. The van der Waals surface area contributed by atoms with Crippen molar-refractivity contribution in [3.05, 3.63) is 51.3 Å². The van der Waals surface area contributed by atoms with E-state index in [0.29, 0.717) is 0 Å². The van der Waals surface area contributed by atoms with Gasteiger partial charge in [0, 0.05) is 10.2 Å². The Labute approximate surface area is 123 Å². The molecule has 0 aliphatic carbocycles. The first kappa shape index (κ1) is 14.3. The van der Waals surface area contributed by atoms with Crippen molar-refractivity contribution in [2.75, 3.05) is 13.6 Å². The molecule has 0 bridgehead atoms. The van der Waals surface area contributed by atoms with Crippen molar-refractivity contribution in [2.45, 2.75) is 26.8 Å². The lowest BCUT2D eigenvalue weighted by atomic mass is 10.1. The molecule has 0 aliphatic heterocycles. The summed E-state index contributed by atoms with van der Waals surface area (Å²) >= 11 is 3.51. The highest BCUT2D eigenvalue weighted by atomic mass is 79.9. The van der Waals surface area contributed by atoms with Crippen LogP contribution in [0.4, 0.5) is 0 Å². The summed E-state index contributed by atoms with van der Waals surface area (Å²) in [6.07, 6.45) is 1.03. The van der Waals surface area contributed by atoms with Crippen molar-refractivity contribution in [1.82, 2.24) is 15.1 Å². The zero-order valence-electron chi connectivity index (χ0n) is 11.7. The Morgan fingerprint density at radius 2 is 2.11 bits per heavy atom. The number of nitrogens with zero attached hydrogens (tertiary/aromatic N) is 2. The molecule has 1 heterocycles. The van der Waals surface area contributed by atoms with Crippen LogP contribution in [0.25, 0.3) is 0 Å². The van der Waals surface area contributed by atoms with Crippen LogP contribution in [0.1, 0.15) is 22.5 Å². The number of aromatic nitrogens is 2. The third-order valence-corrected chi connectivity index (χ3v) is 3.87. The first-order chi connectivity index (χ1) is 9.11. The molecule has 2 aromatic rings. The summed E-state index contributed by atoms with van der Waals surface area (Å²) in [5, 5.41) is 7.86. The minimum absolute atomic E-state index is 0.825. The number of halogens is 1. The summed E-state index contributed by atoms with van der Waals surface area (Å²) in [6, 6.07) is 8.38. The van der Waals surface area contributed by atoms with E-state index in [9.17, 15) is 0 Å². The lowest BCUT2D eigenvalue weighted by molar-refractivity contribution is 0.657. The topological polar surface area (TPSA) is 29.9 Å². The van der Waals surface area contributed by atoms with Crippen LogP contribution in [0.2, 0.25) is 0 Å². The molecule has 0 spiro atoms. The molecule has 3 nitrogen and oxygen atoms in total. The molecule has 0 unspecified atom stereocenters. The van der Waals surface area contributed by atoms with Crippen LogP contribution in [0.5, 0.6) is 0 Å². The van der Waals surface area contributed by atoms with E-state index in [1.54, 1.807) is 0 Å². The fourth-order valence-electron chi connectivity index (χ4n) is 2.31. The van der Waals surface area contributed by atoms with Gasteiger partial charge in [0.2, 0.25) is 0 Å². The molecule has 0 fully saturated rings. The highest BCUT2D eigenvalue weighted by Crippen LogP contribution is 2.17. The molecule has 0 saturated carbocycles. The fraction of sp³-hybridized carbons (Fsp3) is 0.400. The number of benzene rings is 1. The second-order valence-corrected chi connectivity index (χ2v) is 5.71. The van der Waals surface area contributed by atoms with E-state index in [-0.39, 0.29) is 0 Å². The largest absolute Gasteiger partial charge is 0.319 e. The standard InChI is InChI=1S/C15H20BrN3/c1-11-15(7-8-17-3)12(2)19(18-11)10-13-5-4-6-14(16)9-13/h4-6,9,17H,7-8,10H2,1-3H3. The van der Waals surface area contributed by atoms with Gasteiger partial charge in [0.05, 0.1) is 12.2 Å². The fourth-order valence-corrected chi connectivity index (χ4v) is 2.75. The minimum atomic E-state index is 0.825. The van der Waals surface area contributed by atoms with Crippen molar-refractivity contribution in [3.63, 3.8) is 0 Å². The van der Waals surface area contributed by atoms with Crippen molar-refractivity contribution in [1.29, 1.82) is 0 Å². The number of rotatable bonds is 5. The maximum Gasteiger partial charge on any atom is 0.0663 e. The quantitative estimate of drug-likeness (QED) is 0.917. The van der Waals surface area contributed by atoms with Gasteiger partial charge in [0.15, 0.2) is 0 Å². The van der Waals surface area contributed by atoms with E-state index in [4.69, 9.17) is 0 Å². The van der Waals surface area contributed by atoms with Gasteiger partial charge in [0.1, 0.15) is 0 Å².